The van der Waals surface area contributed by atoms with E-state index < -0.39 is 0 Å². The Kier molecular flexibility index (Phi) is 5.96. The molecule has 0 aromatic heterocycles. The molecule has 2 N–H and O–H groups in total. The Bertz CT molecular complexity index is 442. The molecule has 1 aliphatic rings. The lowest BCUT2D eigenvalue weighted by atomic mass is 10.0. The van der Waals surface area contributed by atoms with Crippen molar-refractivity contribution in [3.05, 3.63) is 34.1 Å². The van der Waals surface area contributed by atoms with Gasteiger partial charge in [0.15, 0.2) is 0 Å². The number of hydrogen-bond acceptors (Lipinski definition) is 3. The fourth-order valence-electron chi connectivity index (χ4n) is 2.84. The second-order valence-electron chi connectivity index (χ2n) is 5.14. The second kappa shape index (κ2) is 7.50. The number of ether oxygens (including phenoxy) is 1. The lowest BCUT2D eigenvalue weighted by Crippen LogP contribution is -2.44. The molecule has 5 heteroatoms. The topological polar surface area (TPSA) is 38.5 Å². The average Bonchev–Trinajstić information content (AvgIpc) is 2.44. The number of hydrogen-bond donors (Lipinski definition) is 1. The summed E-state index contributed by atoms with van der Waals surface area (Å²) in [5.41, 5.74) is 7.01. The van der Waals surface area contributed by atoms with Crippen LogP contribution in [0.3, 0.4) is 0 Å². The number of likely N-dealkylation sites (tertiary alicyclic amines) is 1. The normalized spacial score (nSPS) is 21.9. The first kappa shape index (κ1) is 15.9. The van der Waals surface area contributed by atoms with Crippen LogP contribution in [0.25, 0.3) is 0 Å². The van der Waals surface area contributed by atoms with Gasteiger partial charge >= 0.3 is 0 Å². The first-order chi connectivity index (χ1) is 9.65. The van der Waals surface area contributed by atoms with E-state index in [4.69, 9.17) is 10.5 Å². The number of rotatable bonds is 5. The highest BCUT2D eigenvalue weighted by Gasteiger charge is 2.26. The Morgan fingerprint density at radius 2 is 2.35 bits per heavy atom. The van der Waals surface area contributed by atoms with Crippen molar-refractivity contribution in [2.24, 2.45) is 5.73 Å². The predicted molar refractivity (Wildman–Crippen MR) is 82.1 cm³/mol. The summed E-state index contributed by atoms with van der Waals surface area (Å²) in [6, 6.07) is 5.26. The number of nitrogens with two attached hydrogens (primary N) is 1. The molecule has 0 bridgehead atoms. The van der Waals surface area contributed by atoms with E-state index in [1.54, 1.807) is 0 Å². The smallest absolute Gasteiger partial charge is 0.137 e. The van der Waals surface area contributed by atoms with Gasteiger partial charge in [0.25, 0.3) is 0 Å². The molecule has 1 aromatic carbocycles. The summed E-state index contributed by atoms with van der Waals surface area (Å²) in [5, 5.41) is 0. The molecule has 1 heterocycles. The maximum absolute atomic E-state index is 13.4. The van der Waals surface area contributed by atoms with E-state index in [-0.39, 0.29) is 18.0 Å². The molecule has 2 unspecified atom stereocenters. The molecule has 112 valence electrons. The van der Waals surface area contributed by atoms with Crippen LogP contribution >= 0.6 is 15.9 Å². The molecular formula is C15H22BrFN2O. The summed E-state index contributed by atoms with van der Waals surface area (Å²) < 4.78 is 19.6. The Labute approximate surface area is 128 Å². The van der Waals surface area contributed by atoms with Crippen molar-refractivity contribution in [3.63, 3.8) is 0 Å². The summed E-state index contributed by atoms with van der Waals surface area (Å²) in [7, 11) is 0. The van der Waals surface area contributed by atoms with Gasteiger partial charge in [-0.1, -0.05) is 6.07 Å². The van der Waals surface area contributed by atoms with Gasteiger partial charge in [0, 0.05) is 25.7 Å². The minimum atomic E-state index is -0.240. The summed E-state index contributed by atoms with van der Waals surface area (Å²) in [6.45, 7) is 5.20. The highest BCUT2D eigenvalue weighted by molar-refractivity contribution is 9.10. The van der Waals surface area contributed by atoms with Crippen LogP contribution in [0.5, 0.6) is 0 Å². The van der Waals surface area contributed by atoms with Crippen LogP contribution in [0.4, 0.5) is 4.39 Å². The van der Waals surface area contributed by atoms with Crippen molar-refractivity contribution >= 4 is 15.9 Å². The highest BCUT2D eigenvalue weighted by atomic mass is 79.9. The lowest BCUT2D eigenvalue weighted by molar-refractivity contribution is -0.00661. The molecule has 20 heavy (non-hydrogen) atoms. The van der Waals surface area contributed by atoms with E-state index in [2.05, 4.69) is 20.8 Å². The molecule has 3 nitrogen and oxygen atoms in total. The zero-order valence-corrected chi connectivity index (χ0v) is 13.4. The number of halogens is 2. The highest BCUT2D eigenvalue weighted by Crippen LogP contribution is 2.27. The molecule has 0 spiro atoms. The molecule has 0 saturated carbocycles. The first-order valence-electron chi connectivity index (χ1n) is 7.16. The van der Waals surface area contributed by atoms with E-state index in [9.17, 15) is 4.39 Å². The predicted octanol–water partition coefficient (Wildman–Crippen LogP) is 3.09. The van der Waals surface area contributed by atoms with Gasteiger partial charge < -0.3 is 10.5 Å². The van der Waals surface area contributed by atoms with E-state index in [0.717, 1.165) is 38.1 Å². The molecule has 0 amide bonds. The molecule has 1 fully saturated rings. The summed E-state index contributed by atoms with van der Waals surface area (Å²) in [5.74, 6) is -0.240. The van der Waals surface area contributed by atoms with Crippen LogP contribution in [0.1, 0.15) is 31.4 Å². The van der Waals surface area contributed by atoms with Crippen LogP contribution in [0, 0.1) is 5.82 Å². The third kappa shape index (κ3) is 3.79. The van der Waals surface area contributed by atoms with E-state index >= 15 is 0 Å². The molecule has 2 atom stereocenters. The van der Waals surface area contributed by atoms with Gasteiger partial charge in [0.05, 0.1) is 10.6 Å². The van der Waals surface area contributed by atoms with Gasteiger partial charge in [-0.3, -0.25) is 4.90 Å². The number of benzene rings is 1. The van der Waals surface area contributed by atoms with Gasteiger partial charge in [-0.15, -0.1) is 0 Å². The van der Waals surface area contributed by atoms with Crippen molar-refractivity contribution in [3.8, 4) is 0 Å². The average molecular weight is 345 g/mol. The zero-order valence-electron chi connectivity index (χ0n) is 11.8. The van der Waals surface area contributed by atoms with Gasteiger partial charge in [0.1, 0.15) is 5.82 Å². The molecule has 1 aromatic rings. The number of nitrogens with zero attached hydrogens (tertiary/aromatic N) is 1. The quantitative estimate of drug-likeness (QED) is 0.891. The first-order valence-corrected chi connectivity index (χ1v) is 7.95. The molecule has 0 aliphatic carbocycles. The minimum Gasteiger partial charge on any atom is -0.377 e. The largest absolute Gasteiger partial charge is 0.377 e. The van der Waals surface area contributed by atoms with Crippen molar-refractivity contribution in [2.45, 2.75) is 31.9 Å². The van der Waals surface area contributed by atoms with E-state index in [1.165, 1.54) is 6.07 Å². The third-order valence-corrected chi connectivity index (χ3v) is 4.41. The summed E-state index contributed by atoms with van der Waals surface area (Å²) >= 11 is 3.25. The Morgan fingerprint density at radius 3 is 3.00 bits per heavy atom. The van der Waals surface area contributed by atoms with Crippen LogP contribution < -0.4 is 5.73 Å². The molecule has 1 saturated heterocycles. The monoisotopic (exact) mass is 344 g/mol. The van der Waals surface area contributed by atoms with Crippen molar-refractivity contribution in [1.29, 1.82) is 0 Å². The number of piperidine rings is 1. The van der Waals surface area contributed by atoms with E-state index in [0.29, 0.717) is 11.0 Å². The Balaban J connectivity index is 2.12. The van der Waals surface area contributed by atoms with Gasteiger partial charge in [0.2, 0.25) is 0 Å². The standard InChI is InChI=1S/C15H22BrFN2O/c1-2-20-12-4-3-7-19(10-12)15(9-18)11-5-6-14(17)13(16)8-11/h5-6,8,12,15H,2-4,7,9-10,18H2,1H3. The fraction of sp³-hybridized carbons (Fsp3) is 0.600. The molecule has 1 aliphatic heterocycles. The summed E-state index contributed by atoms with van der Waals surface area (Å²) in [4.78, 5) is 2.35. The Hall–Kier alpha value is -0.490. The molecular weight excluding hydrogens is 323 g/mol. The van der Waals surface area contributed by atoms with Crippen molar-refractivity contribution in [2.75, 3.05) is 26.2 Å². The van der Waals surface area contributed by atoms with Gasteiger partial charge in [-0.05, 0) is 59.9 Å². The van der Waals surface area contributed by atoms with Crippen LogP contribution in [-0.2, 0) is 4.74 Å². The maximum atomic E-state index is 13.4. The minimum absolute atomic E-state index is 0.121. The van der Waals surface area contributed by atoms with E-state index in [1.807, 2.05) is 19.1 Å². The van der Waals surface area contributed by atoms with Crippen LogP contribution in [0.15, 0.2) is 22.7 Å². The lowest BCUT2D eigenvalue weighted by Gasteiger charge is -2.38. The SMILES string of the molecule is CCOC1CCCN(C(CN)c2ccc(F)c(Br)c2)C1. The molecule has 2 rings (SSSR count). The molecule has 0 radical (unpaired) electrons. The van der Waals surface area contributed by atoms with Crippen molar-refractivity contribution in [1.82, 2.24) is 4.90 Å². The zero-order chi connectivity index (χ0) is 14.5. The van der Waals surface area contributed by atoms with Crippen LogP contribution in [0.2, 0.25) is 0 Å². The fourth-order valence-corrected chi connectivity index (χ4v) is 3.23. The van der Waals surface area contributed by atoms with Gasteiger partial charge in [-0.25, -0.2) is 4.39 Å². The third-order valence-electron chi connectivity index (χ3n) is 3.80. The van der Waals surface area contributed by atoms with Gasteiger partial charge in [-0.2, -0.15) is 0 Å². The van der Waals surface area contributed by atoms with Crippen molar-refractivity contribution < 1.29 is 9.13 Å². The summed E-state index contributed by atoms with van der Waals surface area (Å²) in [6.07, 6.45) is 2.50. The maximum Gasteiger partial charge on any atom is 0.137 e. The Morgan fingerprint density at radius 1 is 1.55 bits per heavy atom. The van der Waals surface area contributed by atoms with Crippen LogP contribution in [-0.4, -0.2) is 37.2 Å². The second-order valence-corrected chi connectivity index (χ2v) is 5.99.